The summed E-state index contributed by atoms with van der Waals surface area (Å²) in [6.07, 6.45) is 3.97. The number of pyridine rings is 1. The topological polar surface area (TPSA) is 80.2 Å². The van der Waals surface area contributed by atoms with Crippen LogP contribution in [0, 0.1) is 0 Å². The lowest BCUT2D eigenvalue weighted by Gasteiger charge is -2.16. The van der Waals surface area contributed by atoms with Gasteiger partial charge in [-0.3, -0.25) is 9.78 Å². The Hall–Kier alpha value is -3.48. The maximum Gasteiger partial charge on any atom is 0.256 e. The lowest BCUT2D eigenvalue weighted by molar-refractivity contribution is 0.0954. The summed E-state index contributed by atoms with van der Waals surface area (Å²) in [5, 5.41) is 2.91. The van der Waals surface area contributed by atoms with E-state index in [0.717, 1.165) is 17.0 Å². The Morgan fingerprint density at radius 2 is 1.89 bits per heavy atom. The molecule has 0 radical (unpaired) electrons. The molecule has 7 heteroatoms. The lowest BCUT2D eigenvalue weighted by Crippen LogP contribution is -2.28. The monoisotopic (exact) mass is 377 g/mol. The predicted molar refractivity (Wildman–Crippen MR) is 109 cm³/mol. The number of methoxy groups -OCH3 is 1. The maximum atomic E-state index is 12.6. The number of hydrogen-bond donors (Lipinski definition) is 1. The molecule has 3 rings (SSSR count). The zero-order chi connectivity index (χ0) is 19.9. The van der Waals surface area contributed by atoms with Crippen LogP contribution in [0.5, 0.6) is 5.75 Å². The number of hydrogen-bond acceptors (Lipinski definition) is 6. The highest BCUT2D eigenvalue weighted by Crippen LogP contribution is 2.23. The van der Waals surface area contributed by atoms with Crippen molar-refractivity contribution in [1.29, 1.82) is 0 Å². The van der Waals surface area contributed by atoms with E-state index in [1.165, 1.54) is 0 Å². The first-order valence-electron chi connectivity index (χ1n) is 8.95. The van der Waals surface area contributed by atoms with Gasteiger partial charge in [0.05, 0.1) is 7.11 Å². The van der Waals surface area contributed by atoms with Gasteiger partial charge in [-0.1, -0.05) is 6.07 Å². The summed E-state index contributed by atoms with van der Waals surface area (Å²) in [7, 11) is 5.33. The Labute approximate surface area is 164 Å². The van der Waals surface area contributed by atoms with Crippen LogP contribution in [-0.2, 0) is 6.42 Å². The number of aromatic nitrogens is 3. The molecule has 2 heterocycles. The number of benzene rings is 1. The Morgan fingerprint density at radius 3 is 2.54 bits per heavy atom. The molecule has 0 fully saturated rings. The van der Waals surface area contributed by atoms with Gasteiger partial charge < -0.3 is 15.0 Å². The number of rotatable bonds is 7. The van der Waals surface area contributed by atoms with Gasteiger partial charge in [-0.15, -0.1) is 0 Å². The molecule has 0 unspecified atom stereocenters. The van der Waals surface area contributed by atoms with Crippen molar-refractivity contribution in [3.05, 3.63) is 66.1 Å². The van der Waals surface area contributed by atoms with E-state index >= 15 is 0 Å². The largest absolute Gasteiger partial charge is 0.497 e. The van der Waals surface area contributed by atoms with E-state index in [2.05, 4.69) is 20.3 Å². The molecule has 0 aliphatic rings. The third-order valence-electron chi connectivity index (χ3n) is 4.18. The second kappa shape index (κ2) is 8.94. The van der Waals surface area contributed by atoms with Crippen LogP contribution >= 0.6 is 0 Å². The Morgan fingerprint density at radius 1 is 1.11 bits per heavy atom. The minimum absolute atomic E-state index is 0.207. The van der Waals surface area contributed by atoms with Gasteiger partial charge in [-0.2, -0.15) is 0 Å². The van der Waals surface area contributed by atoms with E-state index in [4.69, 9.17) is 4.74 Å². The van der Waals surface area contributed by atoms with Crippen molar-refractivity contribution < 1.29 is 9.53 Å². The Bertz CT molecular complexity index is 927. The van der Waals surface area contributed by atoms with Crippen molar-refractivity contribution in [2.75, 3.05) is 32.6 Å². The molecule has 144 valence electrons. The summed E-state index contributed by atoms with van der Waals surface area (Å²) in [5.41, 5.74) is 2.22. The van der Waals surface area contributed by atoms with Gasteiger partial charge in [0, 0.05) is 50.7 Å². The van der Waals surface area contributed by atoms with Gasteiger partial charge in [-0.05, 0) is 36.4 Å². The summed E-state index contributed by atoms with van der Waals surface area (Å²) in [6.45, 7) is 0.489. The summed E-state index contributed by atoms with van der Waals surface area (Å²) < 4.78 is 5.18. The van der Waals surface area contributed by atoms with Crippen LogP contribution < -0.4 is 15.0 Å². The highest BCUT2D eigenvalue weighted by atomic mass is 16.5. The van der Waals surface area contributed by atoms with Crippen molar-refractivity contribution in [3.8, 4) is 17.1 Å². The first-order valence-corrected chi connectivity index (χ1v) is 8.95. The molecule has 0 atom stereocenters. The second-order valence-electron chi connectivity index (χ2n) is 6.38. The quantitative estimate of drug-likeness (QED) is 0.682. The van der Waals surface area contributed by atoms with E-state index < -0.39 is 0 Å². The van der Waals surface area contributed by atoms with Crippen molar-refractivity contribution in [2.45, 2.75) is 6.42 Å². The molecule has 2 aromatic heterocycles. The van der Waals surface area contributed by atoms with Crippen molar-refractivity contribution in [3.63, 3.8) is 0 Å². The molecule has 0 saturated heterocycles. The lowest BCUT2D eigenvalue weighted by atomic mass is 10.2. The fraction of sp³-hybridized carbons (Fsp3) is 0.238. The van der Waals surface area contributed by atoms with E-state index in [1.54, 1.807) is 19.5 Å². The average molecular weight is 377 g/mol. The van der Waals surface area contributed by atoms with E-state index in [1.807, 2.05) is 61.5 Å². The molecule has 0 bridgehead atoms. The van der Waals surface area contributed by atoms with Crippen molar-refractivity contribution in [1.82, 2.24) is 20.3 Å². The highest BCUT2D eigenvalue weighted by Gasteiger charge is 2.17. The van der Waals surface area contributed by atoms with Gasteiger partial charge in [0.25, 0.3) is 5.91 Å². The van der Waals surface area contributed by atoms with Crippen molar-refractivity contribution in [2.24, 2.45) is 0 Å². The van der Waals surface area contributed by atoms with Crippen LogP contribution in [0.15, 0.2) is 54.9 Å². The van der Waals surface area contributed by atoms with Crippen LogP contribution in [0.4, 0.5) is 5.82 Å². The zero-order valence-corrected chi connectivity index (χ0v) is 16.2. The summed E-state index contributed by atoms with van der Waals surface area (Å²) in [5.74, 6) is 1.67. The van der Waals surface area contributed by atoms with E-state index in [9.17, 15) is 4.79 Å². The van der Waals surface area contributed by atoms with Crippen LogP contribution in [0.25, 0.3) is 11.4 Å². The third-order valence-corrected chi connectivity index (χ3v) is 4.18. The summed E-state index contributed by atoms with van der Waals surface area (Å²) in [4.78, 5) is 27.7. The van der Waals surface area contributed by atoms with Crippen LogP contribution in [0.2, 0.25) is 0 Å². The van der Waals surface area contributed by atoms with E-state index in [0.29, 0.717) is 30.2 Å². The SMILES string of the molecule is COc1ccc(-c2ncc(C(=O)NCCc3ccccn3)c(N(C)C)n2)cc1. The van der Waals surface area contributed by atoms with Gasteiger partial charge >= 0.3 is 0 Å². The number of carbonyl (C=O) groups excluding carboxylic acids is 1. The first-order chi connectivity index (χ1) is 13.6. The zero-order valence-electron chi connectivity index (χ0n) is 16.2. The highest BCUT2D eigenvalue weighted by molar-refractivity contribution is 5.98. The normalized spacial score (nSPS) is 10.4. The Kier molecular flexibility index (Phi) is 6.16. The summed E-state index contributed by atoms with van der Waals surface area (Å²) in [6, 6.07) is 13.2. The first kappa shape index (κ1) is 19.3. The number of nitrogens with zero attached hydrogens (tertiary/aromatic N) is 4. The standard InChI is InChI=1S/C21H23N5O2/c1-26(2)20-18(21(27)23-13-11-16-6-4-5-12-22-16)14-24-19(25-20)15-7-9-17(28-3)10-8-15/h4-10,12,14H,11,13H2,1-3H3,(H,23,27). The van der Waals surface area contributed by atoms with Crippen molar-refractivity contribution >= 4 is 11.7 Å². The molecule has 7 nitrogen and oxygen atoms in total. The maximum absolute atomic E-state index is 12.6. The predicted octanol–water partition coefficient (Wildman–Crippen LogP) is 2.59. The number of nitrogens with one attached hydrogen (secondary N) is 1. The minimum Gasteiger partial charge on any atom is -0.497 e. The number of ether oxygens (including phenoxy) is 1. The molecule has 28 heavy (non-hydrogen) atoms. The van der Waals surface area contributed by atoms with Gasteiger partial charge in [0.1, 0.15) is 17.1 Å². The summed E-state index contributed by atoms with van der Waals surface area (Å²) >= 11 is 0. The minimum atomic E-state index is -0.207. The fourth-order valence-corrected chi connectivity index (χ4v) is 2.70. The molecule has 1 aromatic carbocycles. The molecular weight excluding hydrogens is 354 g/mol. The van der Waals surface area contributed by atoms with Crippen LogP contribution in [0.3, 0.4) is 0 Å². The van der Waals surface area contributed by atoms with Gasteiger partial charge in [-0.25, -0.2) is 9.97 Å². The average Bonchev–Trinajstić information content (AvgIpc) is 2.74. The number of anilines is 1. The third kappa shape index (κ3) is 4.62. The smallest absolute Gasteiger partial charge is 0.256 e. The molecule has 0 saturated carbocycles. The number of carbonyl (C=O) groups is 1. The molecule has 1 amide bonds. The fourth-order valence-electron chi connectivity index (χ4n) is 2.70. The van der Waals surface area contributed by atoms with Crippen LogP contribution in [-0.4, -0.2) is 48.6 Å². The van der Waals surface area contributed by atoms with E-state index in [-0.39, 0.29) is 5.91 Å². The van der Waals surface area contributed by atoms with Gasteiger partial charge in [0.2, 0.25) is 0 Å². The van der Waals surface area contributed by atoms with Crippen LogP contribution in [0.1, 0.15) is 16.1 Å². The second-order valence-corrected chi connectivity index (χ2v) is 6.38. The Balaban J connectivity index is 1.75. The molecule has 0 aliphatic carbocycles. The molecule has 3 aromatic rings. The molecule has 0 spiro atoms. The number of amides is 1. The van der Waals surface area contributed by atoms with Gasteiger partial charge in [0.15, 0.2) is 5.82 Å². The molecule has 1 N–H and O–H groups in total. The molecule has 0 aliphatic heterocycles. The molecular formula is C21H23N5O2.